The maximum absolute atomic E-state index is 6.25. The normalized spacial score (nSPS) is 24.2. The fraction of sp³-hybridized carbons (Fsp3) is 0.154. The molecule has 0 amide bonds. The van der Waals surface area contributed by atoms with Crippen LogP contribution in [0.4, 0.5) is 5.82 Å². The van der Waals surface area contributed by atoms with Crippen LogP contribution in [0, 0.1) is 0 Å². The van der Waals surface area contributed by atoms with E-state index in [0.29, 0.717) is 39.6 Å². The van der Waals surface area contributed by atoms with Crippen molar-refractivity contribution in [2.75, 3.05) is 11.4 Å². The number of imidazole rings is 1. The Morgan fingerprint density at radius 1 is 0.927 bits per heavy atom. The molecular formula is C26H19N11O2S2. The monoisotopic (exact) mass is 581 g/mol. The molecule has 3 unspecified atom stereocenters. The van der Waals surface area contributed by atoms with E-state index in [4.69, 9.17) is 34.0 Å². The Bertz CT molecular complexity index is 1720. The second-order valence-corrected chi connectivity index (χ2v) is 10.9. The van der Waals surface area contributed by atoms with Gasteiger partial charge in [-0.1, -0.05) is 15.7 Å². The molecule has 0 radical (unpaired) electrons. The second kappa shape index (κ2) is 9.00. The van der Waals surface area contributed by atoms with Gasteiger partial charge in [-0.05, 0) is 29.7 Å². The molecule has 202 valence electrons. The van der Waals surface area contributed by atoms with Gasteiger partial charge in [-0.15, -0.1) is 16.4 Å². The molecule has 1 saturated heterocycles. The smallest absolute Gasteiger partial charge is 0.211 e. The molecule has 0 bridgehead atoms. The van der Waals surface area contributed by atoms with Gasteiger partial charge >= 0.3 is 0 Å². The summed E-state index contributed by atoms with van der Waals surface area (Å²) in [6.45, 7) is 0.265. The van der Waals surface area contributed by atoms with Crippen LogP contribution in [0.15, 0.2) is 99.7 Å². The van der Waals surface area contributed by atoms with E-state index in [9.17, 15) is 0 Å². The van der Waals surface area contributed by atoms with Gasteiger partial charge in [0.25, 0.3) is 0 Å². The molecular weight excluding hydrogens is 562 g/mol. The maximum Gasteiger partial charge on any atom is 0.211 e. The minimum absolute atomic E-state index is 0.265. The fourth-order valence-electron chi connectivity index (χ4n) is 6.53. The van der Waals surface area contributed by atoms with E-state index < -0.39 is 16.4 Å². The third kappa shape index (κ3) is 2.93. The standard InChI is InChI=1S/C26H19N11O2S2/c1-2-6-27-20(3-1)37-16-24(21-28-8-9-29-21,22-30-10-13-38-22)25(17-5-12-39-35-17,23-31-11-14-40-23)26(37,18-4-7-32-33-18)19-15-41-36-34-19/h1-15H,16H2,(H,28,29)(H,32,33). The largest absolute Gasteiger partial charge is 0.448 e. The SMILES string of the molecule is c1ccc(N2CC(c3ncc[nH]3)(c3ncco3)C(c3ccon3)(c3nccs3)C2(c2csnn2)c2ccn[nH]2)nc1. The highest BCUT2D eigenvalue weighted by molar-refractivity contribution is 7.09. The number of nitrogens with zero attached hydrogens (tertiary/aromatic N) is 9. The number of oxazole rings is 1. The number of hydrogen-bond donors (Lipinski definition) is 2. The van der Waals surface area contributed by atoms with E-state index in [1.165, 1.54) is 22.9 Å². The van der Waals surface area contributed by atoms with E-state index in [-0.39, 0.29) is 6.54 Å². The van der Waals surface area contributed by atoms with Crippen LogP contribution in [-0.2, 0) is 16.4 Å². The summed E-state index contributed by atoms with van der Waals surface area (Å²) in [5, 5.41) is 21.6. The van der Waals surface area contributed by atoms with Gasteiger partial charge in [-0.2, -0.15) is 5.10 Å². The zero-order valence-corrected chi connectivity index (χ0v) is 22.7. The van der Waals surface area contributed by atoms with Crippen LogP contribution < -0.4 is 4.90 Å². The van der Waals surface area contributed by atoms with Crippen molar-refractivity contribution in [3.05, 3.63) is 125 Å². The Morgan fingerprint density at radius 2 is 1.93 bits per heavy atom. The average molecular weight is 582 g/mol. The van der Waals surface area contributed by atoms with Crippen LogP contribution in [0.1, 0.15) is 33.8 Å². The summed E-state index contributed by atoms with van der Waals surface area (Å²) in [7, 11) is 0. The summed E-state index contributed by atoms with van der Waals surface area (Å²) in [5.74, 6) is 1.65. The molecule has 8 rings (SSSR count). The Hall–Kier alpha value is -5.02. The number of H-pyrrole nitrogens is 2. The Morgan fingerprint density at radius 3 is 2.59 bits per heavy atom. The molecule has 2 N–H and O–H groups in total. The number of hydrogen-bond acceptors (Lipinski definition) is 13. The zero-order valence-electron chi connectivity index (χ0n) is 21.0. The van der Waals surface area contributed by atoms with Gasteiger partial charge < -0.3 is 18.8 Å². The lowest BCUT2D eigenvalue weighted by Crippen LogP contribution is -2.61. The summed E-state index contributed by atoms with van der Waals surface area (Å²) < 4.78 is 16.2. The van der Waals surface area contributed by atoms with Gasteiger partial charge in [0.05, 0.1) is 11.9 Å². The molecule has 7 aromatic heterocycles. The molecule has 3 atom stereocenters. The lowest BCUT2D eigenvalue weighted by molar-refractivity contribution is 0.213. The van der Waals surface area contributed by atoms with Gasteiger partial charge in [0.2, 0.25) is 5.89 Å². The highest BCUT2D eigenvalue weighted by Crippen LogP contribution is 2.69. The van der Waals surface area contributed by atoms with Crippen LogP contribution in [0.5, 0.6) is 0 Å². The number of nitrogens with one attached hydrogen (secondary N) is 2. The van der Waals surface area contributed by atoms with Crippen molar-refractivity contribution in [1.29, 1.82) is 0 Å². The first-order chi connectivity index (χ1) is 20.3. The van der Waals surface area contributed by atoms with Crippen LogP contribution >= 0.6 is 22.9 Å². The molecule has 1 aliphatic heterocycles. The molecule has 0 aliphatic carbocycles. The van der Waals surface area contributed by atoms with Gasteiger partial charge in [-0.3, -0.25) is 5.10 Å². The summed E-state index contributed by atoms with van der Waals surface area (Å²) in [6.07, 6.45) is 13.5. The number of pyridine rings is 1. The zero-order chi connectivity index (χ0) is 27.3. The first kappa shape index (κ1) is 23.8. The van der Waals surface area contributed by atoms with Crippen molar-refractivity contribution in [2.45, 2.75) is 16.4 Å². The minimum Gasteiger partial charge on any atom is -0.448 e. The number of rotatable bonds is 7. The van der Waals surface area contributed by atoms with E-state index >= 15 is 0 Å². The molecule has 0 aromatic carbocycles. The number of aromatic nitrogens is 10. The molecule has 7 aromatic rings. The molecule has 41 heavy (non-hydrogen) atoms. The topological polar surface area (TPSA) is 164 Å². The molecule has 8 heterocycles. The molecule has 13 nitrogen and oxygen atoms in total. The summed E-state index contributed by atoms with van der Waals surface area (Å²) in [5.41, 5.74) is -1.85. The highest BCUT2D eigenvalue weighted by Gasteiger charge is 2.81. The number of anilines is 1. The summed E-state index contributed by atoms with van der Waals surface area (Å²) in [4.78, 5) is 25.0. The Kier molecular flexibility index (Phi) is 5.23. The van der Waals surface area contributed by atoms with E-state index in [0.717, 1.165) is 0 Å². The van der Waals surface area contributed by atoms with E-state index in [1.54, 1.807) is 49.7 Å². The third-order valence-corrected chi connectivity index (χ3v) is 9.20. The summed E-state index contributed by atoms with van der Waals surface area (Å²) >= 11 is 2.72. The molecule has 15 heteroatoms. The van der Waals surface area contributed by atoms with Gasteiger partial charge in [0, 0.05) is 54.4 Å². The molecule has 1 fully saturated rings. The first-order valence-electron chi connectivity index (χ1n) is 12.5. The van der Waals surface area contributed by atoms with Crippen molar-refractivity contribution in [2.24, 2.45) is 0 Å². The average Bonchev–Trinajstić information content (AvgIpc) is 3.85. The van der Waals surface area contributed by atoms with E-state index in [2.05, 4.69) is 29.7 Å². The lowest BCUT2D eigenvalue weighted by Gasteiger charge is -2.49. The van der Waals surface area contributed by atoms with Crippen molar-refractivity contribution in [3.8, 4) is 0 Å². The highest BCUT2D eigenvalue weighted by atomic mass is 32.1. The third-order valence-electron chi connectivity index (χ3n) is 7.81. The Labute approximate surface area is 239 Å². The Balaban J connectivity index is 1.67. The van der Waals surface area contributed by atoms with Gasteiger partial charge in [-0.25, -0.2) is 19.9 Å². The lowest BCUT2D eigenvalue weighted by atomic mass is 9.53. The molecule has 0 saturated carbocycles. The van der Waals surface area contributed by atoms with Crippen molar-refractivity contribution in [1.82, 2.24) is 49.9 Å². The minimum atomic E-state index is -1.29. The quantitative estimate of drug-likeness (QED) is 0.283. The van der Waals surface area contributed by atoms with Crippen LogP contribution in [0.2, 0.25) is 0 Å². The fourth-order valence-corrected chi connectivity index (χ4v) is 8.00. The second-order valence-electron chi connectivity index (χ2n) is 9.40. The van der Waals surface area contributed by atoms with Crippen LogP contribution in [-0.4, -0.2) is 56.4 Å². The van der Waals surface area contributed by atoms with Crippen LogP contribution in [0.25, 0.3) is 0 Å². The summed E-state index contributed by atoms with van der Waals surface area (Å²) in [6, 6.07) is 9.54. The number of aromatic amines is 2. The molecule has 1 aliphatic rings. The maximum atomic E-state index is 6.25. The van der Waals surface area contributed by atoms with Crippen molar-refractivity contribution in [3.63, 3.8) is 0 Å². The van der Waals surface area contributed by atoms with Crippen molar-refractivity contribution < 1.29 is 8.94 Å². The first-order valence-corrected chi connectivity index (χ1v) is 14.2. The predicted octanol–water partition coefficient (Wildman–Crippen LogP) is 3.55. The van der Waals surface area contributed by atoms with Crippen molar-refractivity contribution >= 4 is 28.7 Å². The van der Waals surface area contributed by atoms with Crippen LogP contribution in [0.3, 0.4) is 0 Å². The van der Waals surface area contributed by atoms with Gasteiger partial charge in [0.15, 0.2) is 0 Å². The number of thiazole rings is 1. The predicted molar refractivity (Wildman–Crippen MR) is 146 cm³/mol. The van der Waals surface area contributed by atoms with Gasteiger partial charge in [0.1, 0.15) is 56.9 Å². The van der Waals surface area contributed by atoms with E-state index in [1.807, 2.05) is 41.1 Å². The molecule has 0 spiro atoms.